The van der Waals surface area contributed by atoms with Gasteiger partial charge in [0.05, 0.1) is 6.61 Å². The number of fused-ring (bicyclic) bond motifs is 1. The van der Waals surface area contributed by atoms with Crippen molar-refractivity contribution in [2.24, 2.45) is 22.7 Å². The van der Waals surface area contributed by atoms with Gasteiger partial charge < -0.3 is 5.11 Å². The monoisotopic (exact) mass is 290 g/mol. The van der Waals surface area contributed by atoms with Crippen LogP contribution in [0.25, 0.3) is 0 Å². The molecule has 1 N–H and O–H groups in total. The molecule has 3 atom stereocenters. The van der Waals surface area contributed by atoms with Gasteiger partial charge in [0.25, 0.3) is 0 Å². The van der Waals surface area contributed by atoms with Crippen molar-refractivity contribution in [3.63, 3.8) is 0 Å². The summed E-state index contributed by atoms with van der Waals surface area (Å²) in [5.74, 6) is 1.51. The van der Waals surface area contributed by atoms with Crippen molar-refractivity contribution < 1.29 is 5.11 Å². The molecule has 2 fully saturated rings. The highest BCUT2D eigenvalue weighted by Gasteiger charge is 2.52. The fraction of sp³-hybridized carbons (Fsp3) is 0.800. The maximum absolute atomic E-state index is 9.04. The molecule has 0 spiro atoms. The van der Waals surface area contributed by atoms with Crippen LogP contribution in [0.3, 0.4) is 0 Å². The molecule has 1 unspecified atom stereocenters. The number of hydrogen-bond donors (Lipinski definition) is 1. The normalized spacial score (nSPS) is 36.4. The van der Waals surface area contributed by atoms with Gasteiger partial charge in [-0.3, -0.25) is 0 Å². The molecule has 2 aliphatic carbocycles. The highest BCUT2D eigenvalue weighted by molar-refractivity contribution is 5.16. The summed E-state index contributed by atoms with van der Waals surface area (Å²) >= 11 is 0. The van der Waals surface area contributed by atoms with Gasteiger partial charge in [-0.25, -0.2) is 0 Å². The van der Waals surface area contributed by atoms with E-state index >= 15 is 0 Å². The van der Waals surface area contributed by atoms with Gasteiger partial charge in [0.2, 0.25) is 0 Å². The third kappa shape index (κ3) is 3.28. The summed E-state index contributed by atoms with van der Waals surface area (Å²) < 4.78 is 0. The Hall–Kier alpha value is -0.560. The summed E-state index contributed by atoms with van der Waals surface area (Å²) in [4.78, 5) is 0. The third-order valence-corrected chi connectivity index (χ3v) is 6.59. The van der Waals surface area contributed by atoms with Crippen LogP contribution in [0.5, 0.6) is 0 Å². The first-order valence-electron chi connectivity index (χ1n) is 8.75. The largest absolute Gasteiger partial charge is 0.392 e. The first kappa shape index (κ1) is 16.8. The van der Waals surface area contributed by atoms with E-state index in [1.54, 1.807) is 0 Å². The lowest BCUT2D eigenvalue weighted by atomic mass is 9.47. The Morgan fingerprint density at radius 2 is 2.05 bits per heavy atom. The Bertz CT molecular complexity index is 418. The molecule has 0 aromatic carbocycles. The Morgan fingerprint density at radius 1 is 1.33 bits per heavy atom. The number of rotatable bonds is 4. The van der Waals surface area contributed by atoms with Crippen molar-refractivity contribution in [1.29, 1.82) is 0 Å². The van der Waals surface area contributed by atoms with Crippen molar-refractivity contribution in [3.8, 4) is 0 Å². The van der Waals surface area contributed by atoms with E-state index in [4.69, 9.17) is 5.11 Å². The fourth-order valence-corrected chi connectivity index (χ4v) is 5.44. The minimum Gasteiger partial charge on any atom is -0.392 e. The Balaban J connectivity index is 2.17. The lowest BCUT2D eigenvalue weighted by Gasteiger charge is -2.58. The number of aliphatic hydroxyl groups excluding tert-OH is 1. The molecule has 1 heteroatoms. The quantitative estimate of drug-likeness (QED) is 0.677. The van der Waals surface area contributed by atoms with E-state index in [-0.39, 0.29) is 6.61 Å². The first-order chi connectivity index (χ1) is 9.81. The van der Waals surface area contributed by atoms with Crippen molar-refractivity contribution in [2.45, 2.75) is 72.6 Å². The van der Waals surface area contributed by atoms with E-state index in [1.807, 2.05) is 6.08 Å². The molecule has 1 nitrogen and oxygen atoms in total. The lowest BCUT2D eigenvalue weighted by molar-refractivity contribution is -0.0539. The lowest BCUT2D eigenvalue weighted by Crippen LogP contribution is -2.49. The SMILES string of the molecule is C=C1CCC2C(C)(C)CCC[C@]2(C)[C@H]1CC/C(C)=C/CO. The highest BCUT2D eigenvalue weighted by atomic mass is 16.2. The van der Waals surface area contributed by atoms with Crippen molar-refractivity contribution in [2.75, 3.05) is 6.61 Å². The van der Waals surface area contributed by atoms with Gasteiger partial charge in [0.15, 0.2) is 0 Å². The molecule has 0 aromatic rings. The van der Waals surface area contributed by atoms with Crippen LogP contribution in [0.4, 0.5) is 0 Å². The van der Waals surface area contributed by atoms with Gasteiger partial charge in [-0.1, -0.05) is 51.0 Å². The second-order valence-corrected chi connectivity index (χ2v) is 8.42. The molecule has 120 valence electrons. The third-order valence-electron chi connectivity index (χ3n) is 6.59. The Morgan fingerprint density at radius 3 is 2.71 bits per heavy atom. The maximum Gasteiger partial charge on any atom is 0.0614 e. The van der Waals surface area contributed by atoms with E-state index in [0.717, 1.165) is 12.3 Å². The number of allylic oxidation sites excluding steroid dienone is 2. The van der Waals surface area contributed by atoms with Crippen molar-refractivity contribution in [3.05, 3.63) is 23.8 Å². The topological polar surface area (TPSA) is 20.2 Å². The van der Waals surface area contributed by atoms with E-state index < -0.39 is 0 Å². The molecule has 0 aromatic heterocycles. The van der Waals surface area contributed by atoms with Crippen LogP contribution in [-0.4, -0.2) is 11.7 Å². The summed E-state index contributed by atoms with van der Waals surface area (Å²) in [6.07, 6.45) is 11.0. The molecule has 0 aliphatic heterocycles. The van der Waals surface area contributed by atoms with E-state index in [2.05, 4.69) is 34.3 Å². The summed E-state index contributed by atoms with van der Waals surface area (Å²) in [6, 6.07) is 0. The molecule has 0 amide bonds. The summed E-state index contributed by atoms with van der Waals surface area (Å²) in [6.45, 7) is 14.3. The molecule has 21 heavy (non-hydrogen) atoms. The fourth-order valence-electron chi connectivity index (χ4n) is 5.44. The van der Waals surface area contributed by atoms with Gasteiger partial charge in [0.1, 0.15) is 0 Å². The van der Waals surface area contributed by atoms with E-state index in [9.17, 15) is 0 Å². The van der Waals surface area contributed by atoms with Gasteiger partial charge in [-0.15, -0.1) is 0 Å². The Labute approximate surface area is 131 Å². The van der Waals surface area contributed by atoms with Crippen LogP contribution in [0.15, 0.2) is 23.8 Å². The minimum atomic E-state index is 0.171. The van der Waals surface area contributed by atoms with E-state index in [1.165, 1.54) is 49.7 Å². The molecule has 2 aliphatic rings. The predicted molar refractivity (Wildman–Crippen MR) is 91.2 cm³/mol. The second kappa shape index (κ2) is 6.28. The van der Waals surface area contributed by atoms with E-state index in [0.29, 0.717) is 16.7 Å². The predicted octanol–water partition coefficient (Wildman–Crippen LogP) is 5.50. The standard InChI is InChI=1S/C20H34O/c1-15(11-14-21)7-9-17-16(2)8-10-18-19(3,4)12-6-13-20(17,18)5/h11,17-18,21H,2,6-10,12-14H2,1,3-5H3/b15-11+/t17-,18?,20+/m0/s1. The molecule has 2 saturated carbocycles. The average molecular weight is 290 g/mol. The molecular weight excluding hydrogens is 256 g/mol. The highest BCUT2D eigenvalue weighted by Crippen LogP contribution is 2.61. The van der Waals surface area contributed by atoms with Crippen molar-refractivity contribution in [1.82, 2.24) is 0 Å². The summed E-state index contributed by atoms with van der Waals surface area (Å²) in [5, 5.41) is 9.04. The molecular formula is C20H34O. The van der Waals surface area contributed by atoms with Crippen LogP contribution in [-0.2, 0) is 0 Å². The smallest absolute Gasteiger partial charge is 0.0614 e. The summed E-state index contributed by atoms with van der Waals surface area (Å²) in [5.41, 5.74) is 3.74. The molecule has 0 radical (unpaired) electrons. The first-order valence-corrected chi connectivity index (χ1v) is 8.75. The molecule has 0 heterocycles. The van der Waals surface area contributed by atoms with Gasteiger partial charge >= 0.3 is 0 Å². The second-order valence-electron chi connectivity index (χ2n) is 8.42. The van der Waals surface area contributed by atoms with Crippen LogP contribution in [0.1, 0.15) is 72.6 Å². The zero-order chi connectivity index (χ0) is 15.7. The van der Waals surface area contributed by atoms with Crippen LogP contribution in [0, 0.1) is 22.7 Å². The minimum absolute atomic E-state index is 0.171. The number of hydrogen-bond acceptors (Lipinski definition) is 1. The molecule has 0 bridgehead atoms. The number of aliphatic hydroxyl groups is 1. The van der Waals surface area contributed by atoms with Crippen LogP contribution in [0.2, 0.25) is 0 Å². The Kier molecular flexibility index (Phi) is 5.03. The van der Waals surface area contributed by atoms with Crippen LogP contribution >= 0.6 is 0 Å². The zero-order valence-electron chi connectivity index (χ0n) is 14.5. The zero-order valence-corrected chi connectivity index (χ0v) is 14.5. The van der Waals surface area contributed by atoms with Gasteiger partial charge in [0, 0.05) is 0 Å². The molecule has 2 rings (SSSR count). The van der Waals surface area contributed by atoms with Gasteiger partial charge in [-0.05, 0) is 68.1 Å². The molecule has 0 saturated heterocycles. The maximum atomic E-state index is 9.04. The van der Waals surface area contributed by atoms with Crippen molar-refractivity contribution >= 4 is 0 Å². The van der Waals surface area contributed by atoms with Crippen LogP contribution < -0.4 is 0 Å². The summed E-state index contributed by atoms with van der Waals surface area (Å²) in [7, 11) is 0. The average Bonchev–Trinajstić information content (AvgIpc) is 2.37. The van der Waals surface area contributed by atoms with Gasteiger partial charge in [-0.2, -0.15) is 0 Å².